The second kappa shape index (κ2) is 5.04. The number of pyridine rings is 1. The summed E-state index contributed by atoms with van der Waals surface area (Å²) >= 11 is 4.34. The summed E-state index contributed by atoms with van der Waals surface area (Å²) in [6.45, 7) is 9.16. The first-order valence-corrected chi connectivity index (χ1v) is 10.4. The minimum Gasteiger partial charge on any atom is -0.136 e. The zero-order valence-corrected chi connectivity index (χ0v) is 17.7. The molecule has 0 spiro atoms. The highest BCUT2D eigenvalue weighted by atomic mass is 127. The van der Waals surface area contributed by atoms with Crippen molar-refractivity contribution in [2.75, 3.05) is 0 Å². The lowest BCUT2D eigenvalue weighted by Crippen LogP contribution is -2.20. The summed E-state index contributed by atoms with van der Waals surface area (Å²) < 4.78 is 5.04. The quantitative estimate of drug-likeness (QED) is 0.177. The lowest BCUT2D eigenvalue weighted by Gasteiger charge is -2.21. The topological polar surface area (TPSA) is 3.88 Å². The van der Waals surface area contributed by atoms with E-state index >= 15 is 0 Å². The van der Waals surface area contributed by atoms with Crippen molar-refractivity contribution >= 4 is 76.0 Å². The SMILES string of the molecule is Cc1cc(C(C)(C)C)cc2c3cccc4sc5cc[n+](I)c(c12)c5c43. The molecule has 3 aromatic carbocycles. The summed E-state index contributed by atoms with van der Waals surface area (Å²) in [5.74, 6) is 0. The molecular formula is C22H19INS+. The number of rotatable bonds is 0. The molecule has 3 heteroatoms. The van der Waals surface area contributed by atoms with Crippen molar-refractivity contribution in [2.45, 2.75) is 33.1 Å². The van der Waals surface area contributed by atoms with Crippen LogP contribution in [0.1, 0.15) is 31.9 Å². The van der Waals surface area contributed by atoms with Crippen LogP contribution in [0.2, 0.25) is 0 Å². The van der Waals surface area contributed by atoms with Crippen molar-refractivity contribution < 1.29 is 2.78 Å². The number of hydrogen-bond acceptors (Lipinski definition) is 1. The molecule has 0 fully saturated rings. The molecule has 0 radical (unpaired) electrons. The van der Waals surface area contributed by atoms with Gasteiger partial charge in [0.05, 0.1) is 10.8 Å². The molecule has 0 unspecified atom stereocenters. The molecule has 0 aliphatic heterocycles. The summed E-state index contributed by atoms with van der Waals surface area (Å²) in [4.78, 5) is 0. The molecule has 0 atom stereocenters. The van der Waals surface area contributed by atoms with Gasteiger partial charge < -0.3 is 0 Å². The van der Waals surface area contributed by atoms with Crippen molar-refractivity contribution in [3.8, 4) is 0 Å². The van der Waals surface area contributed by atoms with Crippen LogP contribution in [0.4, 0.5) is 0 Å². The van der Waals surface area contributed by atoms with Gasteiger partial charge in [-0.1, -0.05) is 39.0 Å². The Bertz CT molecular complexity index is 1290. The van der Waals surface area contributed by atoms with Gasteiger partial charge in [0, 0.05) is 20.9 Å². The fraction of sp³-hybridized carbons (Fsp3) is 0.227. The number of thiophene rings is 1. The third kappa shape index (κ3) is 2.08. The summed E-state index contributed by atoms with van der Waals surface area (Å²) in [5.41, 5.74) is 4.28. The monoisotopic (exact) mass is 456 g/mol. The predicted molar refractivity (Wildman–Crippen MR) is 119 cm³/mol. The van der Waals surface area contributed by atoms with Gasteiger partial charge in [-0.2, -0.15) is 0 Å². The van der Waals surface area contributed by atoms with Crippen LogP contribution in [-0.4, -0.2) is 0 Å². The van der Waals surface area contributed by atoms with Gasteiger partial charge in [-0.25, -0.2) is 0 Å². The fourth-order valence-corrected chi connectivity index (χ4v) is 5.81. The van der Waals surface area contributed by atoms with E-state index in [1.54, 1.807) is 0 Å². The number of benzene rings is 3. The largest absolute Gasteiger partial charge is 0.354 e. The summed E-state index contributed by atoms with van der Waals surface area (Å²) in [5, 5.41) is 7.03. The van der Waals surface area contributed by atoms with Gasteiger partial charge in [-0.05, 0) is 46.4 Å². The Morgan fingerprint density at radius 2 is 1.68 bits per heavy atom. The van der Waals surface area contributed by atoms with Gasteiger partial charge in [0.25, 0.3) is 0 Å². The number of aryl methyl sites for hydroxylation is 1. The molecule has 0 aliphatic rings. The highest BCUT2D eigenvalue weighted by molar-refractivity contribution is 14.1. The molecule has 0 amide bonds. The van der Waals surface area contributed by atoms with Gasteiger partial charge in [0.15, 0.2) is 6.20 Å². The molecule has 0 bridgehead atoms. The van der Waals surface area contributed by atoms with Crippen molar-refractivity contribution in [3.05, 3.63) is 53.7 Å². The van der Waals surface area contributed by atoms with Crippen LogP contribution in [0.5, 0.6) is 0 Å². The molecule has 1 nitrogen and oxygen atoms in total. The maximum absolute atomic E-state index is 2.43. The molecule has 0 N–H and O–H groups in total. The zero-order chi connectivity index (χ0) is 17.5. The van der Waals surface area contributed by atoms with Crippen molar-refractivity contribution in [1.29, 1.82) is 0 Å². The molecular weight excluding hydrogens is 437 g/mol. The number of fused-ring (bicyclic) bond motifs is 3. The van der Waals surface area contributed by atoms with E-state index in [2.05, 4.69) is 95.9 Å². The van der Waals surface area contributed by atoms with Crippen LogP contribution >= 0.6 is 34.2 Å². The van der Waals surface area contributed by atoms with Crippen LogP contribution in [0.15, 0.2) is 42.6 Å². The minimum atomic E-state index is 0.148. The second-order valence-electron chi connectivity index (χ2n) is 7.96. The standard InChI is InChI=1S/C22H19INS/c1-12-10-13(22(2,3)4)11-15-14-6-5-7-16-19(14)20-17(25-16)8-9-24(23)21(20)18(12)15/h5-11H,1-4H3/q+1. The molecule has 0 saturated carbocycles. The average Bonchev–Trinajstić information content (AvgIpc) is 2.93. The lowest BCUT2D eigenvalue weighted by molar-refractivity contribution is -0.406. The van der Waals surface area contributed by atoms with Crippen molar-refractivity contribution in [3.63, 3.8) is 0 Å². The van der Waals surface area contributed by atoms with E-state index in [1.165, 1.54) is 53.0 Å². The first-order chi connectivity index (χ1) is 11.9. The summed E-state index contributed by atoms with van der Waals surface area (Å²) in [6.07, 6.45) is 2.19. The Morgan fingerprint density at radius 3 is 2.44 bits per heavy atom. The van der Waals surface area contributed by atoms with E-state index in [1.807, 2.05) is 11.3 Å². The number of aromatic nitrogens is 1. The Labute approximate surface area is 165 Å². The van der Waals surface area contributed by atoms with E-state index in [4.69, 9.17) is 0 Å². The average molecular weight is 456 g/mol. The summed E-state index contributed by atoms with van der Waals surface area (Å²) in [7, 11) is 0. The van der Waals surface area contributed by atoms with E-state index in [9.17, 15) is 0 Å². The molecule has 0 saturated heterocycles. The Morgan fingerprint density at radius 1 is 0.920 bits per heavy atom. The smallest absolute Gasteiger partial charge is 0.136 e. The normalized spacial score (nSPS) is 13.0. The molecule has 5 aromatic rings. The van der Waals surface area contributed by atoms with Crippen LogP contribution in [0.25, 0.3) is 41.8 Å². The van der Waals surface area contributed by atoms with Crippen LogP contribution in [0, 0.1) is 6.92 Å². The van der Waals surface area contributed by atoms with Gasteiger partial charge in [-0.15, -0.1) is 14.1 Å². The molecule has 2 aromatic heterocycles. The maximum Gasteiger partial charge on any atom is 0.354 e. The van der Waals surface area contributed by atoms with Gasteiger partial charge in [0.2, 0.25) is 5.52 Å². The predicted octanol–water partition coefficient (Wildman–Crippen LogP) is 6.89. The van der Waals surface area contributed by atoms with E-state index in [0.717, 1.165) is 0 Å². The van der Waals surface area contributed by atoms with Gasteiger partial charge in [0.1, 0.15) is 0 Å². The summed E-state index contributed by atoms with van der Waals surface area (Å²) in [6, 6.07) is 13.8. The lowest BCUT2D eigenvalue weighted by atomic mass is 9.83. The molecule has 5 rings (SSSR count). The van der Waals surface area contributed by atoms with Crippen LogP contribution in [0.3, 0.4) is 0 Å². The highest BCUT2D eigenvalue weighted by Crippen LogP contribution is 2.45. The third-order valence-electron chi connectivity index (χ3n) is 5.28. The Balaban J connectivity index is 2.18. The Kier molecular flexibility index (Phi) is 3.18. The number of halogens is 1. The first kappa shape index (κ1) is 15.8. The first-order valence-electron chi connectivity index (χ1n) is 8.58. The molecule has 25 heavy (non-hydrogen) atoms. The molecule has 2 heterocycles. The van der Waals surface area contributed by atoms with Crippen molar-refractivity contribution in [1.82, 2.24) is 0 Å². The number of nitrogens with zero attached hydrogens (tertiary/aromatic N) is 1. The fourth-order valence-electron chi connectivity index (χ4n) is 4.04. The molecule has 124 valence electrons. The minimum absolute atomic E-state index is 0.148. The van der Waals surface area contributed by atoms with E-state index in [0.29, 0.717) is 0 Å². The second-order valence-corrected chi connectivity index (χ2v) is 10.1. The maximum atomic E-state index is 2.43. The highest BCUT2D eigenvalue weighted by Gasteiger charge is 2.25. The molecule has 0 aliphatic carbocycles. The van der Waals surface area contributed by atoms with Gasteiger partial charge in [-0.3, -0.25) is 0 Å². The van der Waals surface area contributed by atoms with Crippen molar-refractivity contribution in [2.24, 2.45) is 0 Å². The third-order valence-corrected chi connectivity index (χ3v) is 7.20. The van der Waals surface area contributed by atoms with E-state index < -0.39 is 0 Å². The van der Waals surface area contributed by atoms with Crippen LogP contribution in [-0.2, 0) is 5.41 Å². The zero-order valence-electron chi connectivity index (χ0n) is 14.8. The van der Waals surface area contributed by atoms with E-state index in [-0.39, 0.29) is 5.41 Å². The van der Waals surface area contributed by atoms with Gasteiger partial charge >= 0.3 is 22.9 Å². The Hall–Kier alpha value is -1.46. The van der Waals surface area contributed by atoms with Crippen LogP contribution < -0.4 is 2.78 Å². The number of hydrogen-bond donors (Lipinski definition) is 0.